The van der Waals surface area contributed by atoms with Crippen LogP contribution >= 0.6 is 0 Å². The van der Waals surface area contributed by atoms with Gasteiger partial charge in [-0.1, -0.05) is 66.7 Å². The minimum absolute atomic E-state index is 0.203. The van der Waals surface area contributed by atoms with Crippen molar-refractivity contribution in [3.8, 4) is 0 Å². The summed E-state index contributed by atoms with van der Waals surface area (Å²) in [5.74, 6) is 0. The highest BCUT2D eigenvalue weighted by Gasteiger charge is 2.17. The van der Waals surface area contributed by atoms with E-state index in [0.717, 1.165) is 27.4 Å². The Balaban J connectivity index is 1.69. The molecule has 0 spiro atoms. The third kappa shape index (κ3) is 3.67. The molecule has 4 aromatic carbocycles. The number of rotatable bonds is 5. The number of fused-ring (bicyclic) bond motifs is 2. The van der Waals surface area contributed by atoms with Crippen LogP contribution in [0, 0.1) is 0 Å². The molecule has 4 rings (SSSR count). The molecular formula is C23H21N3O2S. The molecule has 0 radical (unpaired) electrons. The minimum Gasteiger partial charge on any atom is -0.377 e. The lowest BCUT2D eigenvalue weighted by atomic mass is 10.1. The number of nitrogens with one attached hydrogen (secondary N) is 1. The average molecular weight is 404 g/mol. The zero-order valence-corrected chi connectivity index (χ0v) is 17.0. The molecule has 4 aromatic rings. The van der Waals surface area contributed by atoms with Crippen LogP contribution in [0.25, 0.3) is 21.5 Å². The van der Waals surface area contributed by atoms with E-state index in [9.17, 15) is 8.42 Å². The van der Waals surface area contributed by atoms with Gasteiger partial charge in [-0.15, -0.1) is 0 Å². The van der Waals surface area contributed by atoms with Crippen molar-refractivity contribution in [3.63, 3.8) is 0 Å². The number of anilines is 1. The summed E-state index contributed by atoms with van der Waals surface area (Å²) in [6.07, 6.45) is 1.54. The Hall–Kier alpha value is -3.38. The first kappa shape index (κ1) is 19.0. The Labute approximate surface area is 170 Å². The summed E-state index contributed by atoms with van der Waals surface area (Å²) in [5, 5.41) is 7.65. The zero-order valence-electron chi connectivity index (χ0n) is 16.2. The summed E-state index contributed by atoms with van der Waals surface area (Å²) in [7, 11) is 0.0472. The van der Waals surface area contributed by atoms with E-state index in [-0.39, 0.29) is 4.90 Å². The summed E-state index contributed by atoms with van der Waals surface area (Å²) in [5.41, 5.74) is 1.80. The van der Waals surface area contributed by atoms with Crippen molar-refractivity contribution in [2.75, 3.05) is 19.0 Å². The fraction of sp³-hybridized carbons (Fsp3) is 0.0870. The van der Waals surface area contributed by atoms with Crippen molar-refractivity contribution in [1.29, 1.82) is 0 Å². The molecule has 0 unspecified atom stereocenters. The molecule has 5 nitrogen and oxygen atoms in total. The molecule has 146 valence electrons. The monoisotopic (exact) mass is 403 g/mol. The van der Waals surface area contributed by atoms with Crippen molar-refractivity contribution in [2.45, 2.75) is 4.90 Å². The molecule has 6 heteroatoms. The lowest BCUT2D eigenvalue weighted by Gasteiger charge is -2.16. The first-order chi connectivity index (χ1) is 14.0. The van der Waals surface area contributed by atoms with Crippen LogP contribution in [0.5, 0.6) is 0 Å². The molecule has 1 N–H and O–H groups in total. The van der Waals surface area contributed by atoms with Gasteiger partial charge in [-0.3, -0.25) is 0 Å². The summed E-state index contributed by atoms with van der Waals surface area (Å²) >= 11 is 0. The average Bonchev–Trinajstić information content (AvgIpc) is 2.72. The normalized spacial score (nSPS) is 11.9. The Kier molecular flexibility index (Phi) is 4.94. The largest absolute Gasteiger partial charge is 0.377 e. The summed E-state index contributed by atoms with van der Waals surface area (Å²) < 4.78 is 25.9. The quantitative estimate of drug-likeness (QED) is 0.398. The van der Waals surface area contributed by atoms with Crippen molar-refractivity contribution in [1.82, 2.24) is 4.83 Å². The molecular weight excluding hydrogens is 382 g/mol. The molecule has 0 aliphatic rings. The number of hydrogen-bond donors (Lipinski definition) is 1. The first-order valence-electron chi connectivity index (χ1n) is 9.19. The lowest BCUT2D eigenvalue weighted by Crippen LogP contribution is -2.19. The zero-order chi connectivity index (χ0) is 20.4. The van der Waals surface area contributed by atoms with E-state index < -0.39 is 10.0 Å². The maximum absolute atomic E-state index is 12.9. The van der Waals surface area contributed by atoms with Crippen LogP contribution in [0.2, 0.25) is 0 Å². The van der Waals surface area contributed by atoms with Gasteiger partial charge in [0, 0.05) is 36.1 Å². The molecule has 0 heterocycles. The standard InChI is InChI=1S/C23H21N3O2S/c1-26(2)22-14-6-13-21-20(22)12-7-15-23(21)29(27,28)25-24-16-18-10-5-9-17-8-3-4-11-19(17)18/h3-16,25H,1-2H3/b24-16+. The predicted octanol–water partition coefficient (Wildman–Crippen LogP) is 4.37. The van der Waals surface area contributed by atoms with Gasteiger partial charge in [-0.25, -0.2) is 4.83 Å². The molecule has 0 atom stereocenters. The van der Waals surface area contributed by atoms with Gasteiger partial charge in [0.25, 0.3) is 10.0 Å². The second-order valence-electron chi connectivity index (χ2n) is 6.94. The molecule has 29 heavy (non-hydrogen) atoms. The van der Waals surface area contributed by atoms with Crippen LogP contribution in [-0.4, -0.2) is 28.7 Å². The molecule has 0 amide bonds. The highest BCUT2D eigenvalue weighted by atomic mass is 32.2. The maximum atomic E-state index is 12.9. The van der Waals surface area contributed by atoms with Gasteiger partial charge in [0.15, 0.2) is 0 Å². The highest BCUT2D eigenvalue weighted by Crippen LogP contribution is 2.30. The van der Waals surface area contributed by atoms with Gasteiger partial charge in [0.2, 0.25) is 0 Å². The smallest absolute Gasteiger partial charge is 0.277 e. The highest BCUT2D eigenvalue weighted by molar-refractivity contribution is 7.89. The van der Waals surface area contributed by atoms with E-state index in [1.165, 1.54) is 6.21 Å². The molecule has 0 saturated heterocycles. The Morgan fingerprint density at radius 1 is 0.793 bits per heavy atom. The topological polar surface area (TPSA) is 61.8 Å². The Bertz CT molecular complexity index is 1320. The molecule has 0 fully saturated rings. The van der Waals surface area contributed by atoms with E-state index in [1.54, 1.807) is 12.1 Å². The second-order valence-corrected chi connectivity index (χ2v) is 8.57. The van der Waals surface area contributed by atoms with Crippen molar-refractivity contribution in [2.24, 2.45) is 5.10 Å². The van der Waals surface area contributed by atoms with Gasteiger partial charge in [0.05, 0.1) is 11.1 Å². The Morgan fingerprint density at radius 2 is 1.45 bits per heavy atom. The first-order valence-corrected chi connectivity index (χ1v) is 10.7. The lowest BCUT2D eigenvalue weighted by molar-refractivity contribution is 0.585. The maximum Gasteiger partial charge on any atom is 0.277 e. The van der Waals surface area contributed by atoms with Gasteiger partial charge >= 0.3 is 0 Å². The third-order valence-corrected chi connectivity index (χ3v) is 6.11. The summed E-state index contributed by atoms with van der Waals surface area (Å²) in [4.78, 5) is 4.52. The van der Waals surface area contributed by atoms with Crippen molar-refractivity contribution < 1.29 is 8.42 Å². The predicted molar refractivity (Wildman–Crippen MR) is 120 cm³/mol. The van der Waals surface area contributed by atoms with Crippen LogP contribution in [-0.2, 0) is 10.0 Å². The second kappa shape index (κ2) is 7.56. The van der Waals surface area contributed by atoms with Gasteiger partial charge in [-0.05, 0) is 22.9 Å². The summed E-state index contributed by atoms with van der Waals surface area (Å²) in [6, 6.07) is 24.6. The van der Waals surface area contributed by atoms with E-state index >= 15 is 0 Å². The minimum atomic E-state index is -3.82. The van der Waals surface area contributed by atoms with E-state index in [2.05, 4.69) is 9.93 Å². The fourth-order valence-electron chi connectivity index (χ4n) is 3.47. The van der Waals surface area contributed by atoms with Crippen LogP contribution in [0.4, 0.5) is 5.69 Å². The number of hydrazone groups is 1. The summed E-state index contributed by atoms with van der Waals surface area (Å²) in [6.45, 7) is 0. The molecule has 0 aliphatic heterocycles. The van der Waals surface area contributed by atoms with Gasteiger partial charge in [0.1, 0.15) is 0 Å². The molecule has 0 saturated carbocycles. The van der Waals surface area contributed by atoms with Crippen LogP contribution < -0.4 is 9.73 Å². The van der Waals surface area contributed by atoms with Gasteiger partial charge < -0.3 is 4.90 Å². The Morgan fingerprint density at radius 3 is 2.28 bits per heavy atom. The van der Waals surface area contributed by atoms with E-state index in [1.807, 2.05) is 85.7 Å². The number of sulfonamides is 1. The van der Waals surface area contributed by atoms with Crippen LogP contribution in [0.3, 0.4) is 0 Å². The SMILES string of the molecule is CN(C)c1cccc2c(S(=O)(=O)N/N=C/c3cccc4ccccc34)cccc12. The number of benzene rings is 4. The third-order valence-electron chi connectivity index (χ3n) is 4.83. The molecule has 0 aromatic heterocycles. The van der Waals surface area contributed by atoms with Crippen molar-refractivity contribution >= 4 is 43.5 Å². The van der Waals surface area contributed by atoms with E-state index in [4.69, 9.17) is 0 Å². The molecule has 0 aliphatic carbocycles. The van der Waals surface area contributed by atoms with Crippen LogP contribution in [0.1, 0.15) is 5.56 Å². The number of nitrogens with zero attached hydrogens (tertiary/aromatic N) is 2. The number of hydrogen-bond acceptors (Lipinski definition) is 4. The van der Waals surface area contributed by atoms with Crippen molar-refractivity contribution in [3.05, 3.63) is 84.4 Å². The van der Waals surface area contributed by atoms with Gasteiger partial charge in [-0.2, -0.15) is 13.5 Å². The molecule has 0 bridgehead atoms. The fourth-order valence-corrected chi connectivity index (χ4v) is 4.48. The van der Waals surface area contributed by atoms with E-state index in [0.29, 0.717) is 5.39 Å². The van der Waals surface area contributed by atoms with Crippen LogP contribution in [0.15, 0.2) is 88.9 Å².